The Morgan fingerprint density at radius 2 is 1.80 bits per heavy atom. The molecule has 0 aromatic heterocycles. The van der Waals surface area contributed by atoms with Crippen LogP contribution in [0.3, 0.4) is 0 Å². The van der Waals surface area contributed by atoms with Crippen LogP contribution in [0.2, 0.25) is 0 Å². The van der Waals surface area contributed by atoms with Crippen LogP contribution < -0.4 is 10.6 Å². The average molecular weight is 583 g/mol. The number of amidine groups is 1. The topological polar surface area (TPSA) is 164 Å². The Balaban J connectivity index is 1.80. The number of rotatable bonds is 15. The van der Waals surface area contributed by atoms with E-state index in [0.29, 0.717) is 43.7 Å². The first-order valence-corrected chi connectivity index (χ1v) is 15.5. The Morgan fingerprint density at radius 1 is 1.07 bits per heavy atom. The number of nitrogens with zero attached hydrogens (tertiary/aromatic N) is 1. The van der Waals surface area contributed by atoms with Crippen molar-refractivity contribution in [3.63, 3.8) is 0 Å². The molecule has 0 bridgehead atoms. The molecule has 1 heterocycles. The quantitative estimate of drug-likeness (QED) is 0.0921. The second kappa shape index (κ2) is 16.9. The van der Waals surface area contributed by atoms with Crippen molar-refractivity contribution >= 4 is 39.6 Å². The van der Waals surface area contributed by atoms with Crippen LogP contribution in [0.25, 0.3) is 0 Å². The van der Waals surface area contributed by atoms with Crippen LogP contribution in [-0.4, -0.2) is 75.9 Å². The van der Waals surface area contributed by atoms with E-state index in [1.165, 1.54) is 0 Å². The number of ether oxygens (including phenoxy) is 2. The second-order valence-electron chi connectivity index (χ2n) is 9.78. The van der Waals surface area contributed by atoms with E-state index >= 15 is 0 Å². The zero-order valence-corrected chi connectivity index (χ0v) is 24.4. The largest absolute Gasteiger partial charge is 0.465 e. The van der Waals surface area contributed by atoms with E-state index in [0.717, 1.165) is 31.9 Å². The summed E-state index contributed by atoms with van der Waals surface area (Å²) in [5, 5.41) is 13.3. The molecule has 2 rings (SSSR count). The molecule has 224 valence electrons. The van der Waals surface area contributed by atoms with E-state index in [2.05, 4.69) is 17.6 Å². The van der Waals surface area contributed by atoms with Crippen molar-refractivity contribution in [1.29, 1.82) is 5.41 Å². The number of nitrogens with one attached hydrogen (secondary N) is 3. The highest BCUT2D eigenvalue weighted by Crippen LogP contribution is 2.28. The highest BCUT2D eigenvalue weighted by atomic mass is 32.2. The van der Waals surface area contributed by atoms with Crippen molar-refractivity contribution in [2.75, 3.05) is 37.9 Å². The van der Waals surface area contributed by atoms with Gasteiger partial charge in [0.05, 0.1) is 26.0 Å². The van der Waals surface area contributed by atoms with Crippen LogP contribution in [0.4, 0.5) is 10.5 Å². The van der Waals surface area contributed by atoms with Crippen LogP contribution in [0.15, 0.2) is 24.3 Å². The van der Waals surface area contributed by atoms with Gasteiger partial charge in [-0.2, -0.15) is 8.42 Å². The number of benzene rings is 1. The van der Waals surface area contributed by atoms with Gasteiger partial charge in [0.1, 0.15) is 12.1 Å². The summed E-state index contributed by atoms with van der Waals surface area (Å²) in [6.07, 6.45) is 5.24. The maximum Gasteiger partial charge on any atom is 0.412 e. The van der Waals surface area contributed by atoms with E-state index in [9.17, 15) is 22.8 Å². The van der Waals surface area contributed by atoms with Gasteiger partial charge in [-0.25, -0.2) is 4.79 Å². The summed E-state index contributed by atoms with van der Waals surface area (Å²) >= 11 is 0. The molecule has 1 aromatic carbocycles. The van der Waals surface area contributed by atoms with Crippen LogP contribution in [-0.2, 0) is 33.4 Å². The van der Waals surface area contributed by atoms with Gasteiger partial charge in [-0.3, -0.25) is 29.4 Å². The average Bonchev–Trinajstić information content (AvgIpc) is 2.88. The van der Waals surface area contributed by atoms with Gasteiger partial charge in [0.15, 0.2) is 0 Å². The summed E-state index contributed by atoms with van der Waals surface area (Å²) in [6.45, 7) is 4.72. The molecule has 0 saturated carbocycles. The number of hydrogen-bond donors (Lipinski definition) is 3. The first-order valence-electron chi connectivity index (χ1n) is 13.7. The smallest absolute Gasteiger partial charge is 0.412 e. The standard InChI is InChI=1S/C27H42N4O8S/c1-4-6-7-8-17-38-27(34)30-26(28)21-10-12-22(13-11-21)29-23(32)14-9-20-15-16-31(19-25(33)37-5-2)24(18-20)39-40(3,35)36/h10-13,20,24H,4-9,14-19H2,1-3H3,(H,29,32)(H2,28,30,34). The Kier molecular flexibility index (Phi) is 14.0. The lowest BCUT2D eigenvalue weighted by atomic mass is 9.91. The minimum Gasteiger partial charge on any atom is -0.465 e. The lowest BCUT2D eigenvalue weighted by Crippen LogP contribution is -2.47. The van der Waals surface area contributed by atoms with E-state index in [4.69, 9.17) is 19.1 Å². The lowest BCUT2D eigenvalue weighted by Gasteiger charge is -2.37. The van der Waals surface area contributed by atoms with Crippen molar-refractivity contribution in [2.45, 2.75) is 71.4 Å². The third-order valence-electron chi connectivity index (χ3n) is 6.39. The Morgan fingerprint density at radius 3 is 2.45 bits per heavy atom. The molecule has 0 radical (unpaired) electrons. The number of alkyl carbamates (subject to hydrolysis) is 1. The maximum absolute atomic E-state index is 12.6. The molecule has 0 aliphatic carbocycles. The van der Waals surface area contributed by atoms with E-state index in [1.54, 1.807) is 36.1 Å². The van der Waals surface area contributed by atoms with E-state index in [-0.39, 0.29) is 37.2 Å². The molecule has 40 heavy (non-hydrogen) atoms. The van der Waals surface area contributed by atoms with E-state index in [1.807, 2.05) is 0 Å². The van der Waals surface area contributed by atoms with E-state index < -0.39 is 28.4 Å². The predicted molar refractivity (Wildman–Crippen MR) is 150 cm³/mol. The number of carbonyl (C=O) groups excluding carboxylic acids is 3. The summed E-state index contributed by atoms with van der Waals surface area (Å²) in [4.78, 5) is 38.0. The third kappa shape index (κ3) is 12.9. The van der Waals surface area contributed by atoms with Gasteiger partial charge in [0.2, 0.25) is 5.91 Å². The predicted octanol–water partition coefficient (Wildman–Crippen LogP) is 3.61. The molecular weight excluding hydrogens is 540 g/mol. The van der Waals surface area contributed by atoms with Crippen molar-refractivity contribution in [3.8, 4) is 0 Å². The number of likely N-dealkylation sites (tertiary alicyclic amines) is 1. The molecule has 0 spiro atoms. The fraction of sp³-hybridized carbons (Fsp3) is 0.630. The minimum absolute atomic E-state index is 0.0382. The third-order valence-corrected chi connectivity index (χ3v) is 6.96. The molecule has 2 atom stereocenters. The van der Waals surface area contributed by atoms with Crippen LogP contribution in [0, 0.1) is 11.3 Å². The van der Waals surface area contributed by atoms with Gasteiger partial charge in [0, 0.05) is 24.2 Å². The van der Waals surface area contributed by atoms with Crippen LogP contribution >= 0.6 is 0 Å². The van der Waals surface area contributed by atoms with Crippen molar-refractivity contribution in [2.24, 2.45) is 5.92 Å². The number of carbonyl (C=O) groups is 3. The zero-order valence-electron chi connectivity index (χ0n) is 23.6. The van der Waals surface area contributed by atoms with Gasteiger partial charge in [-0.15, -0.1) is 0 Å². The summed E-state index contributed by atoms with van der Waals surface area (Å²) in [6, 6.07) is 6.52. The lowest BCUT2D eigenvalue weighted by molar-refractivity contribution is -0.148. The molecule has 1 aromatic rings. The summed E-state index contributed by atoms with van der Waals surface area (Å²) in [7, 11) is -3.74. The first kappa shape index (κ1) is 33.2. The van der Waals surface area contributed by atoms with Crippen molar-refractivity contribution < 1.29 is 36.5 Å². The van der Waals surface area contributed by atoms with Gasteiger partial charge < -0.3 is 14.8 Å². The zero-order chi connectivity index (χ0) is 29.5. The molecule has 1 aliphatic heterocycles. The molecule has 2 unspecified atom stereocenters. The fourth-order valence-electron chi connectivity index (χ4n) is 4.34. The Bertz CT molecular complexity index is 1090. The number of anilines is 1. The summed E-state index contributed by atoms with van der Waals surface area (Å²) in [5.41, 5.74) is 1.01. The second-order valence-corrected chi connectivity index (χ2v) is 11.4. The molecule has 1 fully saturated rings. The van der Waals surface area contributed by atoms with Gasteiger partial charge in [-0.1, -0.05) is 26.2 Å². The summed E-state index contributed by atoms with van der Waals surface area (Å²) in [5.74, 6) is -0.716. The van der Waals surface area contributed by atoms with Gasteiger partial charge in [-0.05, 0) is 62.8 Å². The first-order chi connectivity index (χ1) is 19.0. The van der Waals surface area contributed by atoms with Crippen LogP contribution in [0.5, 0.6) is 0 Å². The van der Waals surface area contributed by atoms with Crippen molar-refractivity contribution in [1.82, 2.24) is 10.2 Å². The Labute approximate surface area is 236 Å². The number of unbranched alkanes of at least 4 members (excludes halogenated alkanes) is 3. The maximum atomic E-state index is 12.6. The van der Waals surface area contributed by atoms with Gasteiger partial charge >= 0.3 is 12.1 Å². The van der Waals surface area contributed by atoms with Crippen molar-refractivity contribution in [3.05, 3.63) is 29.8 Å². The number of amides is 2. The highest BCUT2D eigenvalue weighted by molar-refractivity contribution is 7.86. The fourth-order valence-corrected chi connectivity index (χ4v) is 4.95. The Hall–Kier alpha value is -3.03. The molecule has 13 heteroatoms. The molecule has 3 N–H and O–H groups in total. The summed E-state index contributed by atoms with van der Waals surface area (Å²) < 4.78 is 38.8. The monoisotopic (exact) mass is 582 g/mol. The molecular formula is C27H42N4O8S. The number of esters is 1. The van der Waals surface area contributed by atoms with Gasteiger partial charge in [0.25, 0.3) is 10.1 Å². The minimum atomic E-state index is -3.74. The molecule has 12 nitrogen and oxygen atoms in total. The number of piperidine rings is 1. The SMILES string of the molecule is CCCCCCOC(=O)NC(=N)c1ccc(NC(=O)CCC2CCN(CC(=O)OCC)C(OS(C)(=O)=O)C2)cc1. The number of hydrogen-bond acceptors (Lipinski definition) is 10. The highest BCUT2D eigenvalue weighted by Gasteiger charge is 2.33. The molecule has 2 amide bonds. The normalized spacial score (nSPS) is 17.6. The molecule has 1 aliphatic rings. The van der Waals surface area contributed by atoms with Crippen LogP contribution in [0.1, 0.15) is 70.8 Å². The molecule has 1 saturated heterocycles.